The van der Waals surface area contributed by atoms with Gasteiger partial charge in [-0.2, -0.15) is 0 Å². The van der Waals surface area contributed by atoms with E-state index in [-0.39, 0.29) is 12.1 Å². The summed E-state index contributed by atoms with van der Waals surface area (Å²) in [6, 6.07) is 7.42. The molecule has 1 saturated heterocycles. The number of hydrogen-bond acceptors (Lipinski definition) is 2. The number of carbonyl (C=O) groups excluding carboxylic acids is 1. The van der Waals surface area contributed by atoms with Crippen molar-refractivity contribution in [2.24, 2.45) is 0 Å². The van der Waals surface area contributed by atoms with Gasteiger partial charge >= 0.3 is 12.1 Å². The molecule has 3 amide bonds. The molecular formula is C14H19N3O3. The van der Waals surface area contributed by atoms with Crippen LogP contribution in [0.2, 0.25) is 0 Å². The van der Waals surface area contributed by atoms with Gasteiger partial charge in [-0.25, -0.2) is 9.59 Å². The predicted molar refractivity (Wildman–Crippen MR) is 76.0 cm³/mol. The standard InChI is InChI=1S/C14H19N3O3/c1-10-2-4-11(5-3-10)15-13(18)17-8-6-12(7-9-17)16-14(19)20/h2-5,12,16H,6-9H2,1H3,(H,15,18)(H,19,20). The number of nitrogens with zero attached hydrogens (tertiary/aromatic N) is 1. The first-order valence-electron chi connectivity index (χ1n) is 6.66. The molecule has 1 aliphatic heterocycles. The van der Waals surface area contributed by atoms with Crippen LogP contribution in [-0.2, 0) is 0 Å². The Morgan fingerprint density at radius 3 is 2.35 bits per heavy atom. The van der Waals surface area contributed by atoms with E-state index in [2.05, 4.69) is 10.6 Å². The smallest absolute Gasteiger partial charge is 0.404 e. The van der Waals surface area contributed by atoms with Crippen LogP contribution in [0.1, 0.15) is 18.4 Å². The Labute approximate surface area is 117 Å². The van der Waals surface area contributed by atoms with E-state index in [0.717, 1.165) is 11.3 Å². The molecule has 0 aromatic heterocycles. The second-order valence-electron chi connectivity index (χ2n) is 5.01. The summed E-state index contributed by atoms with van der Waals surface area (Å²) >= 11 is 0. The zero-order valence-electron chi connectivity index (χ0n) is 11.4. The van der Waals surface area contributed by atoms with Gasteiger partial charge in [0.1, 0.15) is 0 Å². The van der Waals surface area contributed by atoms with Gasteiger partial charge < -0.3 is 20.6 Å². The van der Waals surface area contributed by atoms with E-state index in [4.69, 9.17) is 5.11 Å². The second-order valence-corrected chi connectivity index (χ2v) is 5.01. The molecule has 0 atom stereocenters. The average Bonchev–Trinajstić information content (AvgIpc) is 2.41. The van der Waals surface area contributed by atoms with Crippen LogP contribution in [-0.4, -0.2) is 41.3 Å². The molecular weight excluding hydrogens is 258 g/mol. The lowest BCUT2D eigenvalue weighted by Gasteiger charge is -2.31. The third kappa shape index (κ3) is 3.88. The van der Waals surface area contributed by atoms with Crippen molar-refractivity contribution < 1.29 is 14.7 Å². The number of amides is 3. The van der Waals surface area contributed by atoms with E-state index in [1.54, 1.807) is 4.90 Å². The Morgan fingerprint density at radius 2 is 1.80 bits per heavy atom. The molecule has 0 spiro atoms. The third-order valence-corrected chi connectivity index (χ3v) is 3.41. The number of benzene rings is 1. The lowest BCUT2D eigenvalue weighted by atomic mass is 10.1. The van der Waals surface area contributed by atoms with Crippen molar-refractivity contribution in [1.82, 2.24) is 10.2 Å². The Hall–Kier alpha value is -2.24. The number of anilines is 1. The SMILES string of the molecule is Cc1ccc(NC(=O)N2CCC(NC(=O)O)CC2)cc1. The molecule has 1 heterocycles. The fourth-order valence-corrected chi connectivity index (χ4v) is 2.24. The van der Waals surface area contributed by atoms with Crippen molar-refractivity contribution in [2.45, 2.75) is 25.8 Å². The van der Waals surface area contributed by atoms with Crippen LogP contribution in [0.5, 0.6) is 0 Å². The fourth-order valence-electron chi connectivity index (χ4n) is 2.24. The van der Waals surface area contributed by atoms with Crippen LogP contribution >= 0.6 is 0 Å². The molecule has 6 heteroatoms. The van der Waals surface area contributed by atoms with Crippen molar-refractivity contribution in [3.8, 4) is 0 Å². The number of rotatable bonds is 2. The molecule has 0 bridgehead atoms. The first-order chi connectivity index (χ1) is 9.54. The van der Waals surface area contributed by atoms with Crippen LogP contribution < -0.4 is 10.6 Å². The van der Waals surface area contributed by atoms with Crippen LogP contribution in [0, 0.1) is 6.92 Å². The van der Waals surface area contributed by atoms with E-state index in [1.807, 2.05) is 31.2 Å². The molecule has 0 aliphatic carbocycles. The van der Waals surface area contributed by atoms with Gasteiger partial charge in [0.05, 0.1) is 0 Å². The number of piperidine rings is 1. The quantitative estimate of drug-likeness (QED) is 0.775. The van der Waals surface area contributed by atoms with E-state index in [1.165, 1.54) is 0 Å². The summed E-state index contributed by atoms with van der Waals surface area (Å²) in [4.78, 5) is 24.3. The first-order valence-corrected chi connectivity index (χ1v) is 6.66. The normalized spacial score (nSPS) is 15.8. The summed E-state index contributed by atoms with van der Waals surface area (Å²) in [5, 5.41) is 14.0. The number of likely N-dealkylation sites (tertiary alicyclic amines) is 1. The highest BCUT2D eigenvalue weighted by molar-refractivity contribution is 5.89. The first kappa shape index (κ1) is 14.2. The molecule has 0 saturated carbocycles. The van der Waals surface area contributed by atoms with Gasteiger partial charge in [0.25, 0.3) is 0 Å². The van der Waals surface area contributed by atoms with Gasteiger partial charge in [-0.15, -0.1) is 0 Å². The number of carboxylic acid groups (broad SMARTS) is 1. The van der Waals surface area contributed by atoms with Crippen molar-refractivity contribution in [3.05, 3.63) is 29.8 Å². The lowest BCUT2D eigenvalue weighted by molar-refractivity contribution is 0.171. The Bertz CT molecular complexity index is 479. The molecule has 0 unspecified atom stereocenters. The zero-order chi connectivity index (χ0) is 14.5. The maximum absolute atomic E-state index is 12.1. The summed E-state index contributed by atoms with van der Waals surface area (Å²) in [5.74, 6) is 0. The summed E-state index contributed by atoms with van der Waals surface area (Å²) in [7, 11) is 0. The molecule has 20 heavy (non-hydrogen) atoms. The molecule has 1 aromatic rings. The number of aryl methyl sites for hydroxylation is 1. The molecule has 3 N–H and O–H groups in total. The maximum Gasteiger partial charge on any atom is 0.404 e. The monoisotopic (exact) mass is 277 g/mol. The van der Waals surface area contributed by atoms with Crippen LogP contribution in [0.25, 0.3) is 0 Å². The van der Waals surface area contributed by atoms with Crippen molar-refractivity contribution in [1.29, 1.82) is 0 Å². The van der Waals surface area contributed by atoms with Gasteiger partial charge in [-0.05, 0) is 31.9 Å². The Morgan fingerprint density at radius 1 is 1.20 bits per heavy atom. The predicted octanol–water partition coefficient (Wildman–Crippen LogP) is 2.26. The van der Waals surface area contributed by atoms with Gasteiger partial charge in [-0.1, -0.05) is 17.7 Å². The molecule has 1 fully saturated rings. The van der Waals surface area contributed by atoms with Crippen molar-refractivity contribution in [3.63, 3.8) is 0 Å². The van der Waals surface area contributed by atoms with Crippen LogP contribution in [0.3, 0.4) is 0 Å². The lowest BCUT2D eigenvalue weighted by Crippen LogP contribution is -2.47. The minimum Gasteiger partial charge on any atom is -0.465 e. The van der Waals surface area contributed by atoms with Crippen LogP contribution in [0.15, 0.2) is 24.3 Å². The largest absolute Gasteiger partial charge is 0.465 e. The highest BCUT2D eigenvalue weighted by Crippen LogP contribution is 2.14. The Balaban J connectivity index is 1.82. The maximum atomic E-state index is 12.1. The van der Waals surface area contributed by atoms with E-state index >= 15 is 0 Å². The molecule has 2 rings (SSSR count). The third-order valence-electron chi connectivity index (χ3n) is 3.41. The fraction of sp³-hybridized carbons (Fsp3) is 0.429. The van der Waals surface area contributed by atoms with Crippen LogP contribution in [0.4, 0.5) is 15.3 Å². The summed E-state index contributed by atoms with van der Waals surface area (Å²) in [6.07, 6.45) is 0.286. The number of nitrogens with one attached hydrogen (secondary N) is 2. The van der Waals surface area contributed by atoms with Crippen molar-refractivity contribution in [2.75, 3.05) is 18.4 Å². The summed E-state index contributed by atoms with van der Waals surface area (Å²) < 4.78 is 0. The topological polar surface area (TPSA) is 81.7 Å². The summed E-state index contributed by atoms with van der Waals surface area (Å²) in [6.45, 7) is 3.11. The van der Waals surface area contributed by atoms with Crippen molar-refractivity contribution >= 4 is 17.8 Å². The molecule has 1 aromatic carbocycles. The average molecular weight is 277 g/mol. The highest BCUT2D eigenvalue weighted by Gasteiger charge is 2.23. The van der Waals surface area contributed by atoms with Gasteiger partial charge in [-0.3, -0.25) is 0 Å². The van der Waals surface area contributed by atoms with E-state index < -0.39 is 6.09 Å². The minimum absolute atomic E-state index is 0.0593. The molecule has 108 valence electrons. The minimum atomic E-state index is -1.01. The number of urea groups is 1. The van der Waals surface area contributed by atoms with Gasteiger partial charge in [0, 0.05) is 24.8 Å². The van der Waals surface area contributed by atoms with Gasteiger partial charge in [0.2, 0.25) is 0 Å². The second kappa shape index (κ2) is 6.27. The highest BCUT2D eigenvalue weighted by atomic mass is 16.4. The van der Waals surface area contributed by atoms with Gasteiger partial charge in [0.15, 0.2) is 0 Å². The molecule has 0 radical (unpaired) electrons. The number of hydrogen-bond donors (Lipinski definition) is 3. The summed E-state index contributed by atoms with van der Waals surface area (Å²) in [5.41, 5.74) is 1.91. The Kier molecular flexibility index (Phi) is 4.45. The number of carbonyl (C=O) groups is 2. The molecule has 1 aliphatic rings. The van der Waals surface area contributed by atoms with E-state index in [9.17, 15) is 9.59 Å². The molecule has 6 nitrogen and oxygen atoms in total. The van der Waals surface area contributed by atoms with E-state index in [0.29, 0.717) is 25.9 Å². The zero-order valence-corrected chi connectivity index (χ0v) is 11.4.